The van der Waals surface area contributed by atoms with Crippen LogP contribution in [0.3, 0.4) is 0 Å². The second-order valence-electron chi connectivity index (χ2n) is 8.68. The minimum atomic E-state index is -3.87. The molecule has 162 valence electrons. The minimum absolute atomic E-state index is 0.126. The Labute approximate surface area is 176 Å². The lowest BCUT2D eigenvalue weighted by Gasteiger charge is -2.24. The smallest absolute Gasteiger partial charge is 0.408 e. The Morgan fingerprint density at radius 2 is 1.83 bits per heavy atom. The molecule has 0 bridgehead atoms. The second-order valence-corrected chi connectivity index (χ2v) is 10.8. The second kappa shape index (κ2) is 7.67. The average Bonchev–Trinajstić information content (AvgIpc) is 3.30. The van der Waals surface area contributed by atoms with Crippen LogP contribution in [0.4, 0.5) is 9.18 Å². The van der Waals surface area contributed by atoms with E-state index >= 15 is 0 Å². The molecule has 0 radical (unpaired) electrons. The number of rotatable bonds is 5. The highest BCUT2D eigenvalue weighted by Crippen LogP contribution is 2.57. The summed E-state index contributed by atoms with van der Waals surface area (Å²) in [5.41, 5.74) is 5.31. The third-order valence-electron chi connectivity index (χ3n) is 5.22. The summed E-state index contributed by atoms with van der Waals surface area (Å²) in [6.07, 6.45) is -0.768. The first-order valence-corrected chi connectivity index (χ1v) is 11.2. The highest BCUT2D eigenvalue weighted by Gasteiger charge is 2.71. The largest absolute Gasteiger partial charge is 0.444 e. The average molecular weight is 435 g/mol. The highest BCUT2D eigenvalue weighted by molar-refractivity contribution is 7.92. The molecular formula is C22H27FN2O4S. The summed E-state index contributed by atoms with van der Waals surface area (Å²) in [6, 6.07) is 12.2. The summed E-state index contributed by atoms with van der Waals surface area (Å²) < 4.78 is 46.2. The molecular weight excluding hydrogens is 407 g/mol. The normalized spacial score (nSPS) is 23.7. The summed E-state index contributed by atoms with van der Waals surface area (Å²) >= 11 is 0. The first kappa shape index (κ1) is 22.2. The Bertz CT molecular complexity index is 1050. The number of alkyl carbamates (subject to hydrolysis) is 1. The van der Waals surface area contributed by atoms with Gasteiger partial charge in [0.25, 0.3) is 0 Å². The van der Waals surface area contributed by atoms with E-state index in [2.05, 4.69) is 5.32 Å². The van der Waals surface area contributed by atoms with Gasteiger partial charge in [0.15, 0.2) is 9.84 Å². The first-order chi connectivity index (χ1) is 13.9. The quantitative estimate of drug-likeness (QED) is 0.752. The van der Waals surface area contributed by atoms with Gasteiger partial charge in [-0.1, -0.05) is 29.8 Å². The number of benzene rings is 2. The number of hydrogen-bond donors (Lipinski definition) is 2. The predicted octanol–water partition coefficient (Wildman–Crippen LogP) is 3.30. The molecule has 3 atom stereocenters. The molecule has 0 heterocycles. The topological polar surface area (TPSA) is 98.5 Å². The van der Waals surface area contributed by atoms with Crippen LogP contribution in [0.5, 0.6) is 0 Å². The van der Waals surface area contributed by atoms with E-state index in [-0.39, 0.29) is 11.4 Å². The lowest BCUT2D eigenvalue weighted by Crippen LogP contribution is -2.49. The number of halogens is 1. The highest BCUT2D eigenvalue weighted by atomic mass is 32.2. The molecule has 0 saturated heterocycles. The van der Waals surface area contributed by atoms with Gasteiger partial charge in [-0.25, -0.2) is 17.6 Å². The number of aryl methyl sites for hydroxylation is 1. The van der Waals surface area contributed by atoms with E-state index in [9.17, 15) is 17.6 Å². The van der Waals surface area contributed by atoms with Gasteiger partial charge < -0.3 is 15.8 Å². The van der Waals surface area contributed by atoms with Gasteiger partial charge in [0.2, 0.25) is 0 Å². The van der Waals surface area contributed by atoms with Gasteiger partial charge in [0.1, 0.15) is 16.7 Å². The van der Waals surface area contributed by atoms with E-state index in [0.29, 0.717) is 5.56 Å². The van der Waals surface area contributed by atoms with E-state index in [1.807, 2.05) is 6.92 Å². The van der Waals surface area contributed by atoms with Gasteiger partial charge in [-0.2, -0.15) is 0 Å². The van der Waals surface area contributed by atoms with E-state index in [4.69, 9.17) is 10.5 Å². The number of nitrogens with one attached hydrogen (secondary N) is 1. The number of hydrogen-bond acceptors (Lipinski definition) is 5. The molecule has 2 aromatic rings. The molecule has 0 spiro atoms. The fourth-order valence-electron chi connectivity index (χ4n) is 3.84. The molecule has 30 heavy (non-hydrogen) atoms. The number of carbonyl (C=O) groups is 1. The van der Waals surface area contributed by atoms with Crippen LogP contribution in [0.1, 0.15) is 37.8 Å². The van der Waals surface area contributed by atoms with Crippen LogP contribution < -0.4 is 11.1 Å². The molecule has 3 rings (SSSR count). The Balaban J connectivity index is 2.05. The van der Waals surface area contributed by atoms with Crippen molar-refractivity contribution in [2.75, 3.05) is 6.54 Å². The Hall–Kier alpha value is -2.45. The molecule has 0 unspecified atom stereocenters. The maximum atomic E-state index is 13.9. The predicted molar refractivity (Wildman–Crippen MR) is 112 cm³/mol. The molecule has 1 amide bonds. The van der Waals surface area contributed by atoms with Crippen LogP contribution in [-0.4, -0.2) is 37.4 Å². The third kappa shape index (κ3) is 4.20. The number of ether oxygens (including phenoxy) is 1. The van der Waals surface area contributed by atoms with Crippen LogP contribution >= 0.6 is 0 Å². The zero-order chi connectivity index (χ0) is 22.3. The number of amides is 1. The van der Waals surface area contributed by atoms with Crippen LogP contribution in [0.2, 0.25) is 0 Å². The molecule has 1 fully saturated rings. The molecule has 8 heteroatoms. The van der Waals surface area contributed by atoms with E-state index in [1.54, 1.807) is 39.0 Å². The van der Waals surface area contributed by atoms with E-state index < -0.39 is 44.1 Å². The maximum absolute atomic E-state index is 13.9. The van der Waals surface area contributed by atoms with Crippen molar-refractivity contribution < 1.29 is 22.3 Å². The lowest BCUT2D eigenvalue weighted by molar-refractivity contribution is 0.0497. The fraction of sp³-hybridized carbons (Fsp3) is 0.409. The Kier molecular flexibility index (Phi) is 5.68. The zero-order valence-electron chi connectivity index (χ0n) is 17.5. The van der Waals surface area contributed by atoms with Crippen molar-refractivity contribution in [1.29, 1.82) is 0 Å². The van der Waals surface area contributed by atoms with Crippen molar-refractivity contribution in [3.8, 4) is 0 Å². The van der Waals surface area contributed by atoms with Crippen LogP contribution in [0, 0.1) is 12.7 Å². The molecule has 6 nitrogen and oxygen atoms in total. The summed E-state index contributed by atoms with van der Waals surface area (Å²) in [6.45, 7) is 6.83. The van der Waals surface area contributed by atoms with Gasteiger partial charge >= 0.3 is 6.09 Å². The number of nitrogens with two attached hydrogens (primary N) is 1. The first-order valence-electron chi connectivity index (χ1n) is 9.68. The summed E-state index contributed by atoms with van der Waals surface area (Å²) in [7, 11) is -3.87. The minimum Gasteiger partial charge on any atom is -0.444 e. The van der Waals surface area contributed by atoms with Crippen molar-refractivity contribution in [1.82, 2.24) is 5.32 Å². The van der Waals surface area contributed by atoms with Crippen molar-refractivity contribution in [3.05, 3.63) is 65.5 Å². The van der Waals surface area contributed by atoms with Gasteiger partial charge in [-0.15, -0.1) is 0 Å². The van der Waals surface area contributed by atoms with Gasteiger partial charge in [0, 0.05) is 12.5 Å². The molecule has 2 aromatic carbocycles. The maximum Gasteiger partial charge on any atom is 0.408 e. The van der Waals surface area contributed by atoms with Crippen LogP contribution in [0.15, 0.2) is 53.4 Å². The Morgan fingerprint density at radius 3 is 2.37 bits per heavy atom. The SMILES string of the molecule is Cc1ccc(S(=O)(=O)[C@@H]2[C@@H](c3cccc(F)c3)[C@]2(CN)NC(=O)OC(C)(C)C)cc1. The Morgan fingerprint density at radius 1 is 1.20 bits per heavy atom. The van der Waals surface area contributed by atoms with Gasteiger partial charge in [0.05, 0.1) is 10.4 Å². The van der Waals surface area contributed by atoms with E-state index in [0.717, 1.165) is 5.56 Å². The molecule has 1 aliphatic carbocycles. The standard InChI is InChI=1S/C22H27FN2O4S/c1-14-8-10-17(11-9-14)30(27,28)19-18(15-6-5-7-16(23)12-15)22(19,13-24)25-20(26)29-21(2,3)4/h5-12,18-19H,13,24H2,1-4H3,(H,25,26)/t18-,19-,22+/m1/s1. The molecule has 3 N–H and O–H groups in total. The summed E-state index contributed by atoms with van der Waals surface area (Å²) in [5.74, 6) is -1.20. The van der Waals surface area contributed by atoms with Crippen molar-refractivity contribution >= 4 is 15.9 Å². The van der Waals surface area contributed by atoms with Crippen molar-refractivity contribution in [2.45, 2.75) is 54.9 Å². The van der Waals surface area contributed by atoms with Gasteiger partial charge in [-0.05, 0) is 57.5 Å². The third-order valence-corrected chi connectivity index (χ3v) is 7.51. The zero-order valence-corrected chi connectivity index (χ0v) is 18.3. The number of sulfone groups is 1. The lowest BCUT2D eigenvalue weighted by atomic mass is 10.1. The van der Waals surface area contributed by atoms with Crippen LogP contribution in [-0.2, 0) is 14.6 Å². The molecule has 1 saturated carbocycles. The summed E-state index contributed by atoms with van der Waals surface area (Å²) in [5, 5.41) is 1.64. The molecule has 0 aromatic heterocycles. The fourth-order valence-corrected chi connectivity index (χ4v) is 6.19. The van der Waals surface area contributed by atoms with Crippen molar-refractivity contribution in [2.24, 2.45) is 5.73 Å². The summed E-state index contributed by atoms with van der Waals surface area (Å²) in [4.78, 5) is 12.6. The molecule has 1 aliphatic rings. The van der Waals surface area contributed by atoms with Crippen molar-refractivity contribution in [3.63, 3.8) is 0 Å². The molecule has 0 aliphatic heterocycles. The number of carbonyl (C=O) groups excluding carboxylic acids is 1. The van der Waals surface area contributed by atoms with Crippen LogP contribution in [0.25, 0.3) is 0 Å². The van der Waals surface area contributed by atoms with Gasteiger partial charge in [-0.3, -0.25) is 0 Å². The van der Waals surface area contributed by atoms with E-state index in [1.165, 1.54) is 30.3 Å². The monoisotopic (exact) mass is 434 g/mol.